The molecule has 0 rings (SSSR count). The third kappa shape index (κ3) is 12.5. The minimum atomic E-state index is 0.477. The predicted octanol–water partition coefficient (Wildman–Crippen LogP) is 7.18. The zero-order valence-electron chi connectivity index (χ0n) is 15.4. The van der Waals surface area contributed by atoms with Gasteiger partial charge in [0.15, 0.2) is 0 Å². The zero-order chi connectivity index (χ0) is 15.4. The van der Waals surface area contributed by atoms with Crippen LogP contribution in [0.3, 0.4) is 0 Å². The van der Waals surface area contributed by atoms with Crippen LogP contribution in [0.2, 0.25) is 0 Å². The third-order valence-corrected chi connectivity index (χ3v) is 3.24. The largest absolute Gasteiger partial charge is 0.0683 e. The first kappa shape index (κ1) is 23.1. The Labute approximate surface area is 119 Å². The van der Waals surface area contributed by atoms with Crippen LogP contribution in [-0.4, -0.2) is 0 Å². The van der Waals surface area contributed by atoms with Gasteiger partial charge in [0.2, 0.25) is 0 Å². The summed E-state index contributed by atoms with van der Waals surface area (Å²) in [5, 5.41) is 0. The van der Waals surface area contributed by atoms with E-state index in [2.05, 4.69) is 48.5 Å². The minimum absolute atomic E-state index is 0.477. The van der Waals surface area contributed by atoms with E-state index >= 15 is 0 Å². The fourth-order valence-electron chi connectivity index (χ4n) is 2.79. The summed E-state index contributed by atoms with van der Waals surface area (Å²) in [4.78, 5) is 0. The molecule has 0 aliphatic carbocycles. The van der Waals surface area contributed by atoms with E-state index < -0.39 is 0 Å². The smallest absolute Gasteiger partial charge is 0.0340 e. The van der Waals surface area contributed by atoms with Crippen LogP contribution in [-0.2, 0) is 0 Å². The lowest BCUT2D eigenvalue weighted by Gasteiger charge is -2.36. The van der Waals surface area contributed by atoms with Gasteiger partial charge in [0.05, 0.1) is 0 Å². The van der Waals surface area contributed by atoms with Crippen molar-refractivity contribution in [3.05, 3.63) is 0 Å². The number of hydrogen-bond donors (Lipinski definition) is 0. The number of hydrogen-bond acceptors (Lipinski definition) is 0. The fraction of sp³-hybridized carbons (Fsp3) is 1.00. The fourth-order valence-corrected chi connectivity index (χ4v) is 2.79. The third-order valence-electron chi connectivity index (χ3n) is 3.24. The van der Waals surface area contributed by atoms with E-state index in [-0.39, 0.29) is 0 Å². The van der Waals surface area contributed by atoms with E-state index in [9.17, 15) is 0 Å². The van der Waals surface area contributed by atoms with Gasteiger partial charge in [-0.2, -0.15) is 0 Å². The molecule has 0 aromatic rings. The van der Waals surface area contributed by atoms with Crippen molar-refractivity contribution >= 4 is 0 Å². The average Bonchev–Trinajstić information content (AvgIpc) is 2.28. The first-order valence-corrected chi connectivity index (χ1v) is 8.29. The highest BCUT2D eigenvalue weighted by atomic mass is 14.3. The maximum Gasteiger partial charge on any atom is -0.0340 e. The summed E-state index contributed by atoms with van der Waals surface area (Å²) in [6.45, 7) is 24.6. The maximum atomic E-state index is 2.44. The Balaban J connectivity index is -0.000000506. The first-order chi connectivity index (χ1) is 8.29. The summed E-state index contributed by atoms with van der Waals surface area (Å²) in [6.07, 6.45) is 4.09. The van der Waals surface area contributed by atoms with Crippen molar-refractivity contribution in [1.29, 1.82) is 0 Å². The Bertz CT molecular complexity index is 139. The van der Waals surface area contributed by atoms with Crippen molar-refractivity contribution in [2.45, 2.75) is 95.4 Å². The molecule has 0 aliphatic rings. The van der Waals surface area contributed by atoms with Gasteiger partial charge in [0.25, 0.3) is 0 Å². The predicted molar refractivity (Wildman–Crippen MR) is 89.2 cm³/mol. The van der Waals surface area contributed by atoms with E-state index in [1.165, 1.54) is 19.3 Å². The molecule has 0 saturated carbocycles. The molecule has 2 atom stereocenters. The van der Waals surface area contributed by atoms with Crippen LogP contribution in [0.1, 0.15) is 95.4 Å². The van der Waals surface area contributed by atoms with Gasteiger partial charge < -0.3 is 0 Å². The lowest BCUT2D eigenvalue weighted by Crippen LogP contribution is -2.27. The summed E-state index contributed by atoms with van der Waals surface area (Å²) >= 11 is 0. The average molecular weight is 259 g/mol. The van der Waals surface area contributed by atoms with Gasteiger partial charge in [0, 0.05) is 0 Å². The van der Waals surface area contributed by atoms with Crippen molar-refractivity contribution in [3.63, 3.8) is 0 Å². The Hall–Kier alpha value is 0. The Kier molecular flexibility index (Phi) is 17.3. The highest BCUT2D eigenvalue weighted by molar-refractivity contribution is 4.78. The van der Waals surface area contributed by atoms with Crippen LogP contribution in [0.25, 0.3) is 0 Å². The SMILES string of the molecule is CC.CC.CCCC(C(C)CC(C)C)C(C)(C)C. The molecule has 0 aromatic carbocycles. The van der Waals surface area contributed by atoms with Crippen molar-refractivity contribution in [2.24, 2.45) is 23.2 Å². The molecule has 0 fully saturated rings. The molecule has 0 radical (unpaired) electrons. The van der Waals surface area contributed by atoms with Crippen LogP contribution < -0.4 is 0 Å². The first-order valence-electron chi connectivity index (χ1n) is 8.29. The molecule has 18 heavy (non-hydrogen) atoms. The van der Waals surface area contributed by atoms with Gasteiger partial charge >= 0.3 is 0 Å². The maximum absolute atomic E-state index is 2.44. The summed E-state index contributed by atoms with van der Waals surface area (Å²) < 4.78 is 0. The summed E-state index contributed by atoms with van der Waals surface area (Å²) in [7, 11) is 0. The van der Waals surface area contributed by atoms with Crippen LogP contribution in [0.15, 0.2) is 0 Å². The molecule has 0 nitrogen and oxygen atoms in total. The minimum Gasteiger partial charge on any atom is -0.0683 e. The summed E-state index contributed by atoms with van der Waals surface area (Å²) in [6, 6.07) is 0. The molecule has 0 heteroatoms. The van der Waals surface area contributed by atoms with Gasteiger partial charge in [-0.05, 0) is 36.0 Å². The standard InChI is InChI=1S/C14H30.2C2H6/c1-8-9-13(14(5,6)7)12(4)10-11(2)3;2*1-2/h11-13H,8-10H2,1-7H3;2*1-2H3. The molecule has 2 unspecified atom stereocenters. The van der Waals surface area contributed by atoms with Gasteiger partial charge in [0.1, 0.15) is 0 Å². The second-order valence-corrected chi connectivity index (χ2v) is 6.37. The molecule has 114 valence electrons. The van der Waals surface area contributed by atoms with E-state index in [1.54, 1.807) is 0 Å². The van der Waals surface area contributed by atoms with E-state index in [0.717, 1.165) is 17.8 Å². The van der Waals surface area contributed by atoms with Gasteiger partial charge in [-0.3, -0.25) is 0 Å². The summed E-state index contributed by atoms with van der Waals surface area (Å²) in [5.74, 6) is 2.59. The molecule has 0 spiro atoms. The van der Waals surface area contributed by atoms with Crippen molar-refractivity contribution < 1.29 is 0 Å². The zero-order valence-corrected chi connectivity index (χ0v) is 15.4. The highest BCUT2D eigenvalue weighted by Gasteiger charge is 2.28. The van der Waals surface area contributed by atoms with E-state index in [1.807, 2.05) is 27.7 Å². The molecule has 0 bridgehead atoms. The van der Waals surface area contributed by atoms with E-state index in [4.69, 9.17) is 0 Å². The second kappa shape index (κ2) is 13.4. The number of rotatable bonds is 5. The normalized spacial score (nSPS) is 14.0. The molecule has 0 heterocycles. The van der Waals surface area contributed by atoms with Gasteiger partial charge in [-0.15, -0.1) is 0 Å². The Morgan fingerprint density at radius 1 is 0.833 bits per heavy atom. The van der Waals surface area contributed by atoms with Crippen molar-refractivity contribution in [1.82, 2.24) is 0 Å². The second-order valence-electron chi connectivity index (χ2n) is 6.37. The lowest BCUT2D eigenvalue weighted by molar-refractivity contribution is 0.139. The van der Waals surface area contributed by atoms with Crippen LogP contribution in [0, 0.1) is 23.2 Å². The van der Waals surface area contributed by atoms with E-state index in [0.29, 0.717) is 5.41 Å². The molecular formula is C18H42. The quantitative estimate of drug-likeness (QED) is 0.490. The van der Waals surface area contributed by atoms with Crippen molar-refractivity contribution in [3.8, 4) is 0 Å². The van der Waals surface area contributed by atoms with Crippen LogP contribution in [0.5, 0.6) is 0 Å². The molecule has 0 saturated heterocycles. The molecule has 0 aliphatic heterocycles. The van der Waals surface area contributed by atoms with Crippen molar-refractivity contribution in [2.75, 3.05) is 0 Å². The Morgan fingerprint density at radius 3 is 1.44 bits per heavy atom. The molecule has 0 aromatic heterocycles. The monoisotopic (exact) mass is 258 g/mol. The lowest BCUT2D eigenvalue weighted by atomic mass is 9.69. The highest BCUT2D eigenvalue weighted by Crippen LogP contribution is 2.38. The summed E-state index contributed by atoms with van der Waals surface area (Å²) in [5.41, 5.74) is 0.477. The van der Waals surface area contributed by atoms with Crippen LogP contribution in [0.4, 0.5) is 0 Å². The molecular weight excluding hydrogens is 216 g/mol. The van der Waals surface area contributed by atoms with Gasteiger partial charge in [-0.25, -0.2) is 0 Å². The van der Waals surface area contributed by atoms with Crippen LogP contribution >= 0.6 is 0 Å². The Morgan fingerprint density at radius 2 is 1.22 bits per heavy atom. The topological polar surface area (TPSA) is 0 Å². The molecule has 0 amide bonds. The van der Waals surface area contributed by atoms with Gasteiger partial charge in [-0.1, -0.05) is 82.6 Å². The molecule has 0 N–H and O–H groups in total.